The molecule has 7 nitrogen and oxygen atoms in total. The summed E-state index contributed by atoms with van der Waals surface area (Å²) in [6.45, 7) is 4.14. The largest absolute Gasteiger partial charge is 0.335 e. The number of hydrogen-bond donors (Lipinski definition) is 2. The van der Waals surface area contributed by atoms with Crippen LogP contribution in [0.5, 0.6) is 0 Å². The van der Waals surface area contributed by atoms with Crippen LogP contribution in [0.25, 0.3) is 17.3 Å². The first-order valence-electron chi connectivity index (χ1n) is 10.2. The molecule has 168 valence electrons. The maximum atomic E-state index is 13.1. The third-order valence-electron chi connectivity index (χ3n) is 4.47. The number of nitrogens with zero attached hydrogens (tertiary/aromatic N) is 1. The fourth-order valence-electron chi connectivity index (χ4n) is 3.06. The molecule has 0 aliphatic carbocycles. The lowest BCUT2D eigenvalue weighted by molar-refractivity contribution is -0.111. The molecular formula is C23H25FN3O4P. The number of carbonyl (C=O) groups excluding carboxylic acids is 1. The van der Waals surface area contributed by atoms with Crippen LogP contribution < -0.4 is 5.32 Å². The zero-order chi connectivity index (χ0) is 23.0. The Balaban J connectivity index is 1.62. The number of amides is 1. The molecule has 32 heavy (non-hydrogen) atoms. The van der Waals surface area contributed by atoms with E-state index < -0.39 is 7.60 Å². The van der Waals surface area contributed by atoms with Gasteiger partial charge in [0, 0.05) is 22.9 Å². The molecule has 0 fully saturated rings. The monoisotopic (exact) mass is 457 g/mol. The molecule has 0 aliphatic rings. The number of benzene rings is 2. The molecule has 0 aliphatic heterocycles. The van der Waals surface area contributed by atoms with Crippen LogP contribution in [0.2, 0.25) is 0 Å². The highest BCUT2D eigenvalue weighted by atomic mass is 31.2. The molecule has 0 bridgehead atoms. The van der Waals surface area contributed by atoms with E-state index in [2.05, 4.69) is 15.5 Å². The Morgan fingerprint density at radius 3 is 2.38 bits per heavy atom. The molecule has 0 saturated heterocycles. The van der Waals surface area contributed by atoms with Crippen molar-refractivity contribution < 1.29 is 22.8 Å². The average Bonchev–Trinajstić information content (AvgIpc) is 3.23. The van der Waals surface area contributed by atoms with Crippen LogP contribution in [-0.2, 0) is 24.6 Å². The van der Waals surface area contributed by atoms with E-state index in [4.69, 9.17) is 9.05 Å². The maximum Gasteiger partial charge on any atom is 0.335 e. The van der Waals surface area contributed by atoms with Crippen molar-refractivity contribution in [3.05, 3.63) is 77.7 Å². The Kier molecular flexibility index (Phi) is 8.11. The fourth-order valence-corrected chi connectivity index (χ4v) is 4.76. The van der Waals surface area contributed by atoms with Gasteiger partial charge in [-0.15, -0.1) is 0 Å². The van der Waals surface area contributed by atoms with Crippen molar-refractivity contribution in [3.8, 4) is 11.3 Å². The number of hydrogen-bond acceptors (Lipinski definition) is 5. The summed E-state index contributed by atoms with van der Waals surface area (Å²) in [5.41, 5.74) is 3.52. The van der Waals surface area contributed by atoms with Crippen molar-refractivity contribution in [3.63, 3.8) is 0 Å². The van der Waals surface area contributed by atoms with E-state index in [1.165, 1.54) is 18.2 Å². The smallest absolute Gasteiger partial charge is 0.323 e. The topological polar surface area (TPSA) is 93.3 Å². The Morgan fingerprint density at radius 1 is 1.09 bits per heavy atom. The minimum Gasteiger partial charge on any atom is -0.323 e. The van der Waals surface area contributed by atoms with Gasteiger partial charge in [0.05, 0.1) is 31.3 Å². The number of aromatic amines is 1. The van der Waals surface area contributed by atoms with Crippen molar-refractivity contribution in [2.45, 2.75) is 20.0 Å². The molecule has 0 saturated carbocycles. The van der Waals surface area contributed by atoms with Gasteiger partial charge in [-0.2, -0.15) is 5.10 Å². The number of nitrogens with one attached hydrogen (secondary N) is 2. The lowest BCUT2D eigenvalue weighted by Gasteiger charge is -2.17. The van der Waals surface area contributed by atoms with Gasteiger partial charge in [-0.1, -0.05) is 12.1 Å². The summed E-state index contributed by atoms with van der Waals surface area (Å²) < 4.78 is 36.4. The van der Waals surface area contributed by atoms with E-state index >= 15 is 0 Å². The van der Waals surface area contributed by atoms with Crippen molar-refractivity contribution in [1.29, 1.82) is 0 Å². The lowest BCUT2D eigenvalue weighted by atomic mass is 10.1. The van der Waals surface area contributed by atoms with Gasteiger partial charge in [-0.05, 0) is 61.9 Å². The highest BCUT2D eigenvalue weighted by Crippen LogP contribution is 2.51. The van der Waals surface area contributed by atoms with E-state index in [0.717, 1.165) is 11.1 Å². The summed E-state index contributed by atoms with van der Waals surface area (Å²) in [6, 6.07) is 13.0. The first-order valence-corrected chi connectivity index (χ1v) is 11.9. The predicted octanol–water partition coefficient (Wildman–Crippen LogP) is 5.63. The van der Waals surface area contributed by atoms with Gasteiger partial charge >= 0.3 is 7.60 Å². The second-order valence-electron chi connectivity index (χ2n) is 6.83. The number of aromatic nitrogens is 2. The van der Waals surface area contributed by atoms with E-state index in [1.807, 2.05) is 0 Å². The van der Waals surface area contributed by atoms with Crippen LogP contribution in [0.4, 0.5) is 10.1 Å². The zero-order valence-corrected chi connectivity index (χ0v) is 18.8. The Bertz CT molecular complexity index is 1100. The summed E-state index contributed by atoms with van der Waals surface area (Å²) in [7, 11) is -3.18. The van der Waals surface area contributed by atoms with Gasteiger partial charge < -0.3 is 14.4 Å². The Hall–Kier alpha value is -3.06. The average molecular weight is 457 g/mol. The first-order chi connectivity index (χ1) is 15.4. The molecule has 0 radical (unpaired) electrons. The maximum absolute atomic E-state index is 13.1. The van der Waals surface area contributed by atoms with Crippen LogP contribution >= 0.6 is 7.60 Å². The van der Waals surface area contributed by atoms with Crippen LogP contribution in [0.1, 0.15) is 25.0 Å². The van der Waals surface area contributed by atoms with Crippen LogP contribution in [0.3, 0.4) is 0 Å². The normalized spacial score (nSPS) is 11.7. The zero-order valence-electron chi connectivity index (χ0n) is 17.9. The molecule has 1 aromatic heterocycles. The predicted molar refractivity (Wildman–Crippen MR) is 123 cm³/mol. The number of carbonyl (C=O) groups is 1. The number of rotatable bonds is 10. The third-order valence-corrected chi connectivity index (χ3v) is 6.52. The molecule has 0 unspecified atom stereocenters. The fraction of sp³-hybridized carbons (Fsp3) is 0.217. The lowest BCUT2D eigenvalue weighted by Crippen LogP contribution is -2.07. The summed E-state index contributed by atoms with van der Waals surface area (Å²) in [5, 5.41) is 9.64. The molecule has 1 amide bonds. The van der Waals surface area contributed by atoms with Crippen LogP contribution in [0, 0.1) is 5.82 Å². The van der Waals surface area contributed by atoms with Gasteiger partial charge in [0.1, 0.15) is 5.82 Å². The molecule has 1 heterocycles. The van der Waals surface area contributed by atoms with E-state index in [0.29, 0.717) is 30.2 Å². The summed E-state index contributed by atoms with van der Waals surface area (Å²) in [6.07, 6.45) is 4.78. The van der Waals surface area contributed by atoms with Gasteiger partial charge in [0.25, 0.3) is 0 Å². The Morgan fingerprint density at radius 2 is 1.75 bits per heavy atom. The quantitative estimate of drug-likeness (QED) is 0.304. The third kappa shape index (κ3) is 6.47. The second kappa shape index (κ2) is 11.0. The van der Waals surface area contributed by atoms with Gasteiger partial charge in [0.15, 0.2) is 0 Å². The molecule has 2 aromatic carbocycles. The van der Waals surface area contributed by atoms with Gasteiger partial charge in [0.2, 0.25) is 5.91 Å². The second-order valence-corrected chi connectivity index (χ2v) is 8.89. The van der Waals surface area contributed by atoms with Crippen LogP contribution in [-0.4, -0.2) is 29.3 Å². The van der Waals surface area contributed by atoms with E-state index in [1.54, 1.807) is 62.5 Å². The standard InChI is InChI=1S/C23H25FN3O4P/c1-3-30-32(29,31-4-2)16-17-5-12-21(13-6-17)26-22(28)14-9-19-15-25-27-23(19)18-7-10-20(24)11-8-18/h5-15H,3-4,16H2,1-2H3,(H,25,27)(H,26,28)/b14-9+. The van der Waals surface area contributed by atoms with Gasteiger partial charge in [-0.3, -0.25) is 14.5 Å². The summed E-state index contributed by atoms with van der Waals surface area (Å²) >= 11 is 0. The van der Waals surface area contributed by atoms with Crippen LogP contribution in [0.15, 0.2) is 60.8 Å². The summed E-state index contributed by atoms with van der Waals surface area (Å²) in [5.74, 6) is -0.646. The molecule has 0 atom stereocenters. The SMILES string of the molecule is CCOP(=O)(Cc1ccc(NC(=O)/C=C/c2cn[nH]c2-c2ccc(F)cc2)cc1)OCC. The van der Waals surface area contributed by atoms with Crippen molar-refractivity contribution in [1.82, 2.24) is 10.2 Å². The molecule has 3 aromatic rings. The highest BCUT2D eigenvalue weighted by Gasteiger charge is 2.23. The minimum absolute atomic E-state index is 0.162. The minimum atomic E-state index is -3.18. The first kappa shape index (κ1) is 23.6. The van der Waals surface area contributed by atoms with Crippen molar-refractivity contribution >= 4 is 25.3 Å². The molecule has 2 N–H and O–H groups in total. The molecule has 3 rings (SSSR count). The van der Waals surface area contributed by atoms with E-state index in [9.17, 15) is 13.8 Å². The molecule has 0 spiro atoms. The summed E-state index contributed by atoms with van der Waals surface area (Å²) in [4.78, 5) is 12.3. The molecule has 9 heteroatoms. The van der Waals surface area contributed by atoms with Crippen molar-refractivity contribution in [2.24, 2.45) is 0 Å². The Labute approximate surface area is 186 Å². The number of anilines is 1. The van der Waals surface area contributed by atoms with Gasteiger partial charge in [-0.25, -0.2) is 4.39 Å². The van der Waals surface area contributed by atoms with E-state index in [-0.39, 0.29) is 17.9 Å². The molecular weight excluding hydrogens is 432 g/mol. The number of H-pyrrole nitrogens is 1. The number of halogens is 1. The highest BCUT2D eigenvalue weighted by molar-refractivity contribution is 7.53. The van der Waals surface area contributed by atoms with Crippen molar-refractivity contribution in [2.75, 3.05) is 18.5 Å².